The maximum atomic E-state index is 12.9. The summed E-state index contributed by atoms with van der Waals surface area (Å²) in [5.41, 5.74) is 0. The van der Waals surface area contributed by atoms with Crippen molar-refractivity contribution in [2.24, 2.45) is 17.8 Å². The number of carbonyl (C=O) groups excluding carboxylic acids is 1. The number of nitrogens with zero attached hydrogens (tertiary/aromatic N) is 1. The van der Waals surface area contributed by atoms with Crippen LogP contribution in [0.25, 0.3) is 0 Å². The zero-order valence-corrected chi connectivity index (χ0v) is 14.2. The van der Waals surface area contributed by atoms with E-state index in [0.29, 0.717) is 12.5 Å². The average Bonchev–Trinajstić information content (AvgIpc) is 3.04. The Hall–Kier alpha value is -1.09. The van der Waals surface area contributed by atoms with Crippen LogP contribution in [0.4, 0.5) is 0 Å². The third kappa shape index (κ3) is 2.76. The Morgan fingerprint density at radius 2 is 2.05 bits per heavy atom. The van der Waals surface area contributed by atoms with Crippen LogP contribution in [0.15, 0.2) is 0 Å². The number of methoxy groups -OCH3 is 2. The second kappa shape index (κ2) is 6.57. The summed E-state index contributed by atoms with van der Waals surface area (Å²) < 4.78 is 17.0. The molecule has 0 spiro atoms. The molecule has 0 aromatic rings. The van der Waals surface area contributed by atoms with E-state index in [0.717, 1.165) is 6.42 Å². The average molecular weight is 309 g/mol. The lowest BCUT2D eigenvalue weighted by atomic mass is 9.96. The van der Waals surface area contributed by atoms with Gasteiger partial charge < -0.3 is 19.1 Å². The van der Waals surface area contributed by atoms with Crippen molar-refractivity contribution in [2.45, 2.75) is 45.1 Å². The number of hydrogen-bond donors (Lipinski definition) is 0. The number of terminal acetylenes is 1. The van der Waals surface area contributed by atoms with E-state index in [-0.39, 0.29) is 36.5 Å². The normalized spacial score (nSPS) is 31.1. The monoisotopic (exact) mass is 309 g/mol. The second-order valence-electron chi connectivity index (χ2n) is 6.73. The predicted octanol–water partition coefficient (Wildman–Crippen LogP) is 1.52. The highest BCUT2D eigenvalue weighted by molar-refractivity contribution is 5.79. The Bertz CT molecular complexity index is 452. The molecule has 2 saturated heterocycles. The van der Waals surface area contributed by atoms with Crippen molar-refractivity contribution in [3.05, 3.63) is 0 Å². The van der Waals surface area contributed by atoms with Gasteiger partial charge in [0.1, 0.15) is 12.6 Å². The van der Waals surface area contributed by atoms with Crippen molar-refractivity contribution < 1.29 is 19.0 Å². The molecular weight excluding hydrogens is 282 g/mol. The zero-order chi connectivity index (χ0) is 16.5. The van der Waals surface area contributed by atoms with Crippen molar-refractivity contribution in [1.82, 2.24) is 4.90 Å². The van der Waals surface area contributed by atoms with Gasteiger partial charge in [0.2, 0.25) is 11.7 Å². The van der Waals surface area contributed by atoms with Gasteiger partial charge in [-0.25, -0.2) is 0 Å². The predicted molar refractivity (Wildman–Crippen MR) is 82.9 cm³/mol. The fourth-order valence-electron chi connectivity index (χ4n) is 3.73. The number of hydrogen-bond acceptors (Lipinski definition) is 4. The fourth-order valence-corrected chi connectivity index (χ4v) is 3.73. The minimum absolute atomic E-state index is 0.0517. The van der Waals surface area contributed by atoms with Gasteiger partial charge in [0.25, 0.3) is 0 Å². The van der Waals surface area contributed by atoms with Crippen LogP contribution in [-0.2, 0) is 19.0 Å². The number of fused-ring (bicyclic) bond motifs is 1. The summed E-state index contributed by atoms with van der Waals surface area (Å²) >= 11 is 0. The summed E-state index contributed by atoms with van der Waals surface area (Å²) in [7, 11) is 3.16. The minimum Gasteiger partial charge on any atom is -0.369 e. The molecule has 0 aromatic carbocycles. The molecule has 1 unspecified atom stereocenters. The molecule has 2 rings (SSSR count). The minimum atomic E-state index is -0.927. The highest BCUT2D eigenvalue weighted by Crippen LogP contribution is 2.42. The molecule has 2 heterocycles. The Morgan fingerprint density at radius 3 is 2.55 bits per heavy atom. The van der Waals surface area contributed by atoms with Crippen LogP contribution in [-0.4, -0.2) is 56.1 Å². The Labute approximate surface area is 133 Å². The van der Waals surface area contributed by atoms with Crippen molar-refractivity contribution >= 4 is 5.91 Å². The van der Waals surface area contributed by atoms with Gasteiger partial charge in [0.05, 0.1) is 12.0 Å². The van der Waals surface area contributed by atoms with Crippen molar-refractivity contribution in [2.75, 3.05) is 27.4 Å². The van der Waals surface area contributed by atoms with E-state index in [2.05, 4.69) is 19.8 Å². The summed E-state index contributed by atoms with van der Waals surface area (Å²) in [6.45, 7) is 7.00. The van der Waals surface area contributed by atoms with Gasteiger partial charge in [-0.1, -0.05) is 26.7 Å². The molecule has 0 saturated carbocycles. The number of ether oxygens (including phenoxy) is 3. The van der Waals surface area contributed by atoms with Gasteiger partial charge in [0.15, 0.2) is 0 Å². The largest absolute Gasteiger partial charge is 0.369 e. The van der Waals surface area contributed by atoms with Gasteiger partial charge in [-0.2, -0.15) is 0 Å². The van der Waals surface area contributed by atoms with Crippen LogP contribution in [0.1, 0.15) is 27.2 Å². The molecule has 2 aliphatic rings. The number of likely N-dealkylation sites (tertiary alicyclic amines) is 1. The first kappa shape index (κ1) is 17.3. The van der Waals surface area contributed by atoms with E-state index >= 15 is 0 Å². The van der Waals surface area contributed by atoms with Gasteiger partial charge in [-0.3, -0.25) is 4.79 Å². The van der Waals surface area contributed by atoms with E-state index in [4.69, 9.17) is 20.6 Å². The highest BCUT2D eigenvalue weighted by Gasteiger charge is 2.61. The number of amides is 1. The molecule has 124 valence electrons. The van der Waals surface area contributed by atoms with Gasteiger partial charge in [0, 0.05) is 26.7 Å². The summed E-state index contributed by atoms with van der Waals surface area (Å²) in [5.74, 6) is 2.23. The summed E-state index contributed by atoms with van der Waals surface area (Å²) in [6.07, 6.45) is 6.26. The van der Waals surface area contributed by atoms with Crippen LogP contribution in [0, 0.1) is 30.1 Å². The molecule has 2 aliphatic heterocycles. The molecule has 5 nitrogen and oxygen atoms in total. The van der Waals surface area contributed by atoms with E-state index in [1.54, 1.807) is 14.2 Å². The number of carbonyl (C=O) groups is 1. The van der Waals surface area contributed by atoms with Gasteiger partial charge in [-0.05, 0) is 12.3 Å². The van der Waals surface area contributed by atoms with Gasteiger partial charge >= 0.3 is 0 Å². The second-order valence-corrected chi connectivity index (χ2v) is 6.73. The van der Waals surface area contributed by atoms with Crippen molar-refractivity contribution in [3.63, 3.8) is 0 Å². The summed E-state index contributed by atoms with van der Waals surface area (Å²) in [4.78, 5) is 14.7. The molecule has 5 heteroatoms. The molecular formula is C17H27NO4. The van der Waals surface area contributed by atoms with E-state index in [9.17, 15) is 4.79 Å². The standard InChI is InChI=1S/C17H27NO4/c1-7-13-9-18(16(19)12(4)8-11(2)3)15-14(13)22-10-17(15,20-5)21-6/h1,11-15H,8-10H2,2-6H3/t12?,13-,14-,15+/m1/s1. The third-order valence-corrected chi connectivity index (χ3v) is 4.80. The van der Waals surface area contributed by atoms with Crippen LogP contribution >= 0.6 is 0 Å². The molecule has 0 N–H and O–H groups in total. The van der Waals surface area contributed by atoms with Crippen molar-refractivity contribution in [3.8, 4) is 12.3 Å². The number of rotatable bonds is 5. The first-order chi connectivity index (χ1) is 10.4. The Morgan fingerprint density at radius 1 is 1.41 bits per heavy atom. The molecule has 2 fully saturated rings. The fraction of sp³-hybridized carbons (Fsp3) is 0.824. The van der Waals surface area contributed by atoms with Crippen molar-refractivity contribution in [1.29, 1.82) is 0 Å². The SMILES string of the molecule is C#C[C@@H]1CN(C(=O)C(C)CC(C)C)[C@H]2[C@@H]1OCC2(OC)OC. The molecule has 0 aliphatic carbocycles. The molecule has 4 atom stereocenters. The van der Waals surface area contributed by atoms with Crippen LogP contribution in [0.5, 0.6) is 0 Å². The van der Waals surface area contributed by atoms with Crippen LogP contribution in [0.2, 0.25) is 0 Å². The molecule has 0 bridgehead atoms. The maximum absolute atomic E-state index is 12.9. The van der Waals surface area contributed by atoms with Crippen LogP contribution in [0.3, 0.4) is 0 Å². The molecule has 0 radical (unpaired) electrons. The van der Waals surface area contributed by atoms with E-state index in [1.807, 2.05) is 11.8 Å². The van der Waals surface area contributed by atoms with Gasteiger partial charge in [-0.15, -0.1) is 6.42 Å². The summed E-state index contributed by atoms with van der Waals surface area (Å²) in [5, 5.41) is 0. The first-order valence-corrected chi connectivity index (χ1v) is 7.88. The molecule has 1 amide bonds. The zero-order valence-electron chi connectivity index (χ0n) is 14.2. The quantitative estimate of drug-likeness (QED) is 0.571. The lowest BCUT2D eigenvalue weighted by Gasteiger charge is -2.37. The maximum Gasteiger partial charge on any atom is 0.225 e. The van der Waals surface area contributed by atoms with Crippen LogP contribution < -0.4 is 0 Å². The molecule has 0 aromatic heterocycles. The lowest BCUT2D eigenvalue weighted by Crippen LogP contribution is -2.55. The Kier molecular flexibility index (Phi) is 5.16. The molecule has 22 heavy (non-hydrogen) atoms. The lowest BCUT2D eigenvalue weighted by molar-refractivity contribution is -0.227. The highest BCUT2D eigenvalue weighted by atomic mass is 16.7. The Balaban J connectivity index is 2.26. The van der Waals surface area contributed by atoms with E-state index in [1.165, 1.54) is 0 Å². The smallest absolute Gasteiger partial charge is 0.225 e. The first-order valence-electron chi connectivity index (χ1n) is 7.88. The third-order valence-electron chi connectivity index (χ3n) is 4.80. The summed E-state index contributed by atoms with van der Waals surface area (Å²) in [6, 6.07) is -0.286. The topological polar surface area (TPSA) is 48.0 Å². The van der Waals surface area contributed by atoms with E-state index < -0.39 is 5.79 Å².